The zero-order chi connectivity index (χ0) is 20.4. The van der Waals surface area contributed by atoms with Crippen molar-refractivity contribution in [3.05, 3.63) is 53.1 Å². The first-order chi connectivity index (χ1) is 14.2. The van der Waals surface area contributed by atoms with Gasteiger partial charge in [0.05, 0.1) is 33.4 Å². The highest BCUT2D eigenvalue weighted by atomic mass is 16.5. The van der Waals surface area contributed by atoms with Gasteiger partial charge in [-0.1, -0.05) is 36.3 Å². The first-order valence-corrected chi connectivity index (χ1v) is 9.61. The number of ether oxygens (including phenoxy) is 3. The number of fused-ring (bicyclic) bond motifs is 1. The smallest absolute Gasteiger partial charge is 0.243 e. The molecule has 0 saturated carbocycles. The van der Waals surface area contributed by atoms with Gasteiger partial charge in [-0.3, -0.25) is 0 Å². The van der Waals surface area contributed by atoms with Crippen LogP contribution in [0.15, 0.2) is 36.4 Å². The van der Waals surface area contributed by atoms with Crippen molar-refractivity contribution in [2.45, 2.75) is 31.8 Å². The second-order valence-corrected chi connectivity index (χ2v) is 6.95. The van der Waals surface area contributed by atoms with E-state index in [0.717, 1.165) is 18.4 Å². The van der Waals surface area contributed by atoms with E-state index in [2.05, 4.69) is 52.0 Å². The van der Waals surface area contributed by atoms with Crippen molar-refractivity contribution in [3.63, 3.8) is 0 Å². The second-order valence-electron chi connectivity index (χ2n) is 6.95. The number of benzene rings is 2. The number of rotatable bonds is 6. The van der Waals surface area contributed by atoms with E-state index in [0.29, 0.717) is 23.2 Å². The molecule has 0 spiro atoms. The Morgan fingerprint density at radius 3 is 2.28 bits per heavy atom. The van der Waals surface area contributed by atoms with Gasteiger partial charge in [0.2, 0.25) is 11.7 Å². The maximum absolute atomic E-state index is 5.54. The molecule has 1 N–H and O–H groups in total. The van der Waals surface area contributed by atoms with Gasteiger partial charge >= 0.3 is 0 Å². The molecule has 1 aliphatic heterocycles. The number of hydrogen-bond donors (Lipinski definition) is 1. The van der Waals surface area contributed by atoms with Crippen LogP contribution in [0.2, 0.25) is 0 Å². The van der Waals surface area contributed by atoms with Gasteiger partial charge in [0, 0.05) is 0 Å². The maximum atomic E-state index is 5.54. The van der Waals surface area contributed by atoms with Crippen molar-refractivity contribution in [3.8, 4) is 17.2 Å². The van der Waals surface area contributed by atoms with Crippen LogP contribution in [-0.4, -0.2) is 41.5 Å². The van der Waals surface area contributed by atoms with Crippen molar-refractivity contribution in [1.29, 1.82) is 0 Å². The number of anilines is 1. The summed E-state index contributed by atoms with van der Waals surface area (Å²) in [5.41, 5.74) is 3.51. The molecule has 152 valence electrons. The Balaban J connectivity index is 1.75. The summed E-state index contributed by atoms with van der Waals surface area (Å²) >= 11 is 0. The van der Waals surface area contributed by atoms with Gasteiger partial charge < -0.3 is 19.5 Å². The van der Waals surface area contributed by atoms with E-state index in [-0.39, 0.29) is 12.1 Å². The minimum absolute atomic E-state index is 0.0780. The molecule has 2 aromatic carbocycles. The minimum Gasteiger partial charge on any atom is -0.493 e. The Bertz CT molecular complexity index is 961. The summed E-state index contributed by atoms with van der Waals surface area (Å²) < 4.78 is 18.3. The average Bonchev–Trinajstić information content (AvgIpc) is 3.26. The number of hydrogen-bond acceptors (Lipinski definition) is 7. The van der Waals surface area contributed by atoms with Gasteiger partial charge in [0.25, 0.3) is 0 Å². The lowest BCUT2D eigenvalue weighted by atomic mass is 9.92. The van der Waals surface area contributed by atoms with Gasteiger partial charge in [-0.15, -0.1) is 0 Å². The number of nitrogens with zero attached hydrogens (tertiary/aromatic N) is 4. The van der Waals surface area contributed by atoms with Crippen molar-refractivity contribution >= 4 is 5.95 Å². The van der Waals surface area contributed by atoms with Gasteiger partial charge in [0.1, 0.15) is 0 Å². The lowest BCUT2D eigenvalue weighted by molar-refractivity contribution is 0.321. The predicted molar refractivity (Wildman–Crippen MR) is 109 cm³/mol. The van der Waals surface area contributed by atoms with Crippen LogP contribution in [0.1, 0.15) is 42.1 Å². The molecule has 0 fully saturated rings. The van der Waals surface area contributed by atoms with E-state index < -0.39 is 0 Å². The first kappa shape index (κ1) is 19.0. The maximum Gasteiger partial charge on any atom is 0.243 e. The van der Waals surface area contributed by atoms with Crippen LogP contribution in [0, 0.1) is 0 Å². The number of tetrazole rings is 1. The van der Waals surface area contributed by atoms with Gasteiger partial charge in [-0.2, -0.15) is 0 Å². The highest BCUT2D eigenvalue weighted by molar-refractivity contribution is 5.55. The third kappa shape index (κ3) is 3.46. The molecule has 29 heavy (non-hydrogen) atoms. The van der Waals surface area contributed by atoms with E-state index in [4.69, 9.17) is 14.2 Å². The summed E-state index contributed by atoms with van der Waals surface area (Å²) in [6, 6.07) is 12.6. The zero-order valence-electron chi connectivity index (χ0n) is 17.0. The Kier molecular flexibility index (Phi) is 5.24. The Hall–Kier alpha value is -3.29. The SMILES string of the molecule is CCc1ccc(C2CC(c3cc(OC)c(OC)c(OC)c3)n3nnnc3N2)cc1. The van der Waals surface area contributed by atoms with Crippen molar-refractivity contribution in [2.24, 2.45) is 0 Å². The summed E-state index contributed by atoms with van der Waals surface area (Å²) in [7, 11) is 4.83. The van der Waals surface area contributed by atoms with Crippen LogP contribution in [0.3, 0.4) is 0 Å². The zero-order valence-corrected chi connectivity index (χ0v) is 17.0. The summed E-state index contributed by atoms with van der Waals surface area (Å²) in [5, 5.41) is 15.7. The normalized spacial score (nSPS) is 17.9. The molecule has 2 heterocycles. The van der Waals surface area contributed by atoms with Crippen LogP contribution in [-0.2, 0) is 6.42 Å². The fourth-order valence-electron chi connectivity index (χ4n) is 3.81. The lowest BCUT2D eigenvalue weighted by Crippen LogP contribution is -2.28. The molecule has 1 aliphatic rings. The molecule has 4 rings (SSSR count). The molecule has 1 aromatic heterocycles. The Morgan fingerprint density at radius 2 is 1.69 bits per heavy atom. The largest absolute Gasteiger partial charge is 0.493 e. The predicted octanol–water partition coefficient (Wildman–Crippen LogP) is 3.41. The molecular formula is C21H25N5O3. The number of methoxy groups -OCH3 is 3. The summed E-state index contributed by atoms with van der Waals surface area (Å²) in [6.45, 7) is 2.16. The Morgan fingerprint density at radius 1 is 1.00 bits per heavy atom. The van der Waals surface area contributed by atoms with Crippen LogP contribution < -0.4 is 19.5 Å². The molecule has 8 heteroatoms. The van der Waals surface area contributed by atoms with E-state index in [1.165, 1.54) is 11.1 Å². The molecule has 2 atom stereocenters. The van der Waals surface area contributed by atoms with Crippen LogP contribution >= 0.6 is 0 Å². The van der Waals surface area contributed by atoms with Crippen LogP contribution in [0.4, 0.5) is 5.95 Å². The molecular weight excluding hydrogens is 370 g/mol. The van der Waals surface area contributed by atoms with Crippen molar-refractivity contribution in [2.75, 3.05) is 26.6 Å². The third-order valence-corrected chi connectivity index (χ3v) is 5.41. The number of nitrogens with one attached hydrogen (secondary N) is 1. The van der Waals surface area contributed by atoms with Crippen molar-refractivity contribution < 1.29 is 14.2 Å². The second kappa shape index (κ2) is 7.98. The average molecular weight is 395 g/mol. The molecule has 2 unspecified atom stereocenters. The molecule has 0 aliphatic carbocycles. The van der Waals surface area contributed by atoms with E-state index in [1.807, 2.05) is 12.1 Å². The quantitative estimate of drug-likeness (QED) is 0.685. The monoisotopic (exact) mass is 395 g/mol. The van der Waals surface area contributed by atoms with E-state index in [9.17, 15) is 0 Å². The number of aryl methyl sites for hydroxylation is 1. The fraction of sp³-hybridized carbons (Fsp3) is 0.381. The van der Waals surface area contributed by atoms with Gasteiger partial charge in [-0.05, 0) is 52.1 Å². The lowest BCUT2D eigenvalue weighted by Gasteiger charge is -2.31. The van der Waals surface area contributed by atoms with Gasteiger partial charge in [-0.25, -0.2) is 4.68 Å². The standard InChI is InChI=1S/C21H25N5O3/c1-5-13-6-8-14(9-7-13)16-12-17(26-21(22-16)23-24-25-26)15-10-18(27-2)20(29-4)19(11-15)28-3/h6-11,16-17H,5,12H2,1-4H3,(H,22,23,25). The first-order valence-electron chi connectivity index (χ1n) is 9.61. The van der Waals surface area contributed by atoms with Crippen LogP contribution in [0.25, 0.3) is 0 Å². The molecule has 3 aromatic rings. The summed E-state index contributed by atoms with van der Waals surface area (Å²) in [6.07, 6.45) is 1.80. The Labute approximate surface area is 169 Å². The molecule has 0 bridgehead atoms. The molecule has 0 saturated heterocycles. The van der Waals surface area contributed by atoms with Gasteiger partial charge in [0.15, 0.2) is 11.5 Å². The summed E-state index contributed by atoms with van der Waals surface area (Å²) in [4.78, 5) is 0. The number of aromatic nitrogens is 4. The molecule has 8 nitrogen and oxygen atoms in total. The molecule has 0 radical (unpaired) electrons. The minimum atomic E-state index is -0.0780. The topological polar surface area (TPSA) is 83.3 Å². The highest BCUT2D eigenvalue weighted by Gasteiger charge is 2.32. The van der Waals surface area contributed by atoms with Crippen molar-refractivity contribution in [1.82, 2.24) is 20.2 Å². The fourth-order valence-corrected chi connectivity index (χ4v) is 3.81. The van der Waals surface area contributed by atoms with Crippen LogP contribution in [0.5, 0.6) is 17.2 Å². The molecule has 0 amide bonds. The van der Waals surface area contributed by atoms with E-state index >= 15 is 0 Å². The summed E-state index contributed by atoms with van der Waals surface area (Å²) in [5.74, 6) is 2.42. The third-order valence-electron chi connectivity index (χ3n) is 5.41. The van der Waals surface area contributed by atoms with E-state index in [1.54, 1.807) is 26.0 Å². The highest BCUT2D eigenvalue weighted by Crippen LogP contribution is 2.44.